The van der Waals surface area contributed by atoms with E-state index in [1.165, 1.54) is 19.5 Å². The van der Waals surface area contributed by atoms with Crippen molar-refractivity contribution >= 4 is 0 Å². The third kappa shape index (κ3) is 3.85. The van der Waals surface area contributed by atoms with Gasteiger partial charge in [-0.25, -0.2) is 0 Å². The SMILES string of the molecule is CCCNCc1ccc(CN2CCC(C)(C)C2)o1. The summed E-state index contributed by atoms with van der Waals surface area (Å²) in [6, 6.07) is 4.22. The molecule has 1 aromatic rings. The molecule has 3 nitrogen and oxygen atoms in total. The average molecular weight is 250 g/mol. The molecule has 1 saturated heterocycles. The Morgan fingerprint density at radius 2 is 2.11 bits per heavy atom. The van der Waals surface area contributed by atoms with Gasteiger partial charge in [-0.1, -0.05) is 20.8 Å². The van der Waals surface area contributed by atoms with Crippen molar-refractivity contribution < 1.29 is 4.42 Å². The third-order valence-electron chi connectivity index (χ3n) is 3.58. The largest absolute Gasteiger partial charge is 0.463 e. The Bertz CT molecular complexity index is 370. The van der Waals surface area contributed by atoms with Crippen LogP contribution in [-0.2, 0) is 13.1 Å². The number of nitrogens with one attached hydrogen (secondary N) is 1. The van der Waals surface area contributed by atoms with Crippen LogP contribution in [0.3, 0.4) is 0 Å². The number of furan rings is 1. The van der Waals surface area contributed by atoms with E-state index in [1.54, 1.807) is 0 Å². The molecule has 0 radical (unpaired) electrons. The van der Waals surface area contributed by atoms with Gasteiger partial charge in [-0.05, 0) is 43.5 Å². The molecule has 1 aliphatic rings. The van der Waals surface area contributed by atoms with Gasteiger partial charge in [0.05, 0.1) is 13.1 Å². The van der Waals surface area contributed by atoms with E-state index < -0.39 is 0 Å². The maximum absolute atomic E-state index is 5.86. The van der Waals surface area contributed by atoms with E-state index in [0.717, 1.165) is 37.6 Å². The van der Waals surface area contributed by atoms with Crippen molar-refractivity contribution in [3.8, 4) is 0 Å². The van der Waals surface area contributed by atoms with Gasteiger partial charge in [0.1, 0.15) is 11.5 Å². The normalized spacial score (nSPS) is 19.5. The second-order valence-corrected chi connectivity index (χ2v) is 6.17. The highest BCUT2D eigenvalue weighted by Crippen LogP contribution is 2.29. The highest BCUT2D eigenvalue weighted by Gasteiger charge is 2.29. The van der Waals surface area contributed by atoms with Crippen molar-refractivity contribution in [1.29, 1.82) is 0 Å². The summed E-state index contributed by atoms with van der Waals surface area (Å²) in [5.41, 5.74) is 0.470. The summed E-state index contributed by atoms with van der Waals surface area (Å²) in [7, 11) is 0. The summed E-state index contributed by atoms with van der Waals surface area (Å²) >= 11 is 0. The number of likely N-dealkylation sites (tertiary alicyclic amines) is 1. The molecule has 0 saturated carbocycles. The van der Waals surface area contributed by atoms with Crippen molar-refractivity contribution in [1.82, 2.24) is 10.2 Å². The van der Waals surface area contributed by atoms with Gasteiger partial charge in [0.2, 0.25) is 0 Å². The minimum atomic E-state index is 0.470. The second kappa shape index (κ2) is 5.89. The van der Waals surface area contributed by atoms with Gasteiger partial charge < -0.3 is 9.73 Å². The Morgan fingerprint density at radius 3 is 2.78 bits per heavy atom. The first-order valence-electron chi connectivity index (χ1n) is 7.10. The van der Waals surface area contributed by atoms with Gasteiger partial charge in [-0.15, -0.1) is 0 Å². The quantitative estimate of drug-likeness (QED) is 0.787. The Kier molecular flexibility index (Phi) is 4.46. The first-order valence-corrected chi connectivity index (χ1v) is 7.10. The Morgan fingerprint density at radius 1 is 1.33 bits per heavy atom. The molecular weight excluding hydrogens is 224 g/mol. The maximum atomic E-state index is 5.86. The number of hydrogen-bond acceptors (Lipinski definition) is 3. The van der Waals surface area contributed by atoms with E-state index in [4.69, 9.17) is 4.42 Å². The molecule has 1 aliphatic heterocycles. The van der Waals surface area contributed by atoms with Crippen LogP contribution in [0.1, 0.15) is 45.1 Å². The fourth-order valence-electron chi connectivity index (χ4n) is 2.57. The van der Waals surface area contributed by atoms with E-state index in [2.05, 4.69) is 43.1 Å². The highest BCUT2D eigenvalue weighted by molar-refractivity contribution is 5.07. The predicted octanol–water partition coefficient (Wildman–Crippen LogP) is 3.01. The van der Waals surface area contributed by atoms with Crippen LogP contribution in [-0.4, -0.2) is 24.5 Å². The highest BCUT2D eigenvalue weighted by atomic mass is 16.3. The number of nitrogens with zero attached hydrogens (tertiary/aromatic N) is 1. The van der Waals surface area contributed by atoms with Crippen LogP contribution in [0.2, 0.25) is 0 Å². The van der Waals surface area contributed by atoms with Crippen molar-refractivity contribution in [3.63, 3.8) is 0 Å². The van der Waals surface area contributed by atoms with Crippen LogP contribution in [0.15, 0.2) is 16.5 Å². The summed E-state index contributed by atoms with van der Waals surface area (Å²) in [6.07, 6.45) is 2.45. The zero-order valence-corrected chi connectivity index (χ0v) is 12.0. The molecule has 1 N–H and O–H groups in total. The fourth-order valence-corrected chi connectivity index (χ4v) is 2.57. The zero-order chi connectivity index (χ0) is 13.0. The van der Waals surface area contributed by atoms with Gasteiger partial charge >= 0.3 is 0 Å². The lowest BCUT2D eigenvalue weighted by Gasteiger charge is -2.18. The molecule has 0 amide bonds. The number of rotatable bonds is 6. The Labute approximate surface area is 111 Å². The monoisotopic (exact) mass is 250 g/mol. The molecule has 1 aromatic heterocycles. The minimum absolute atomic E-state index is 0.470. The molecular formula is C15H26N2O. The van der Waals surface area contributed by atoms with Gasteiger partial charge in [0.25, 0.3) is 0 Å². The lowest BCUT2D eigenvalue weighted by molar-refractivity contribution is 0.260. The standard InChI is InChI=1S/C15H26N2O/c1-4-8-16-10-13-5-6-14(18-13)11-17-9-7-15(2,3)12-17/h5-6,16H,4,7-12H2,1-3H3. The minimum Gasteiger partial charge on any atom is -0.463 e. The van der Waals surface area contributed by atoms with Crippen LogP contribution in [0, 0.1) is 5.41 Å². The topological polar surface area (TPSA) is 28.4 Å². The average Bonchev–Trinajstić information content (AvgIpc) is 2.87. The van der Waals surface area contributed by atoms with E-state index in [0.29, 0.717) is 5.41 Å². The van der Waals surface area contributed by atoms with Crippen LogP contribution >= 0.6 is 0 Å². The van der Waals surface area contributed by atoms with Gasteiger partial charge in [-0.2, -0.15) is 0 Å². The molecule has 2 rings (SSSR count). The summed E-state index contributed by atoms with van der Waals surface area (Å²) in [6.45, 7) is 12.1. The molecule has 0 spiro atoms. The first-order chi connectivity index (χ1) is 8.59. The molecule has 2 heterocycles. The zero-order valence-electron chi connectivity index (χ0n) is 12.0. The van der Waals surface area contributed by atoms with E-state index in [-0.39, 0.29) is 0 Å². The fraction of sp³-hybridized carbons (Fsp3) is 0.733. The molecule has 0 unspecified atom stereocenters. The van der Waals surface area contributed by atoms with E-state index >= 15 is 0 Å². The maximum Gasteiger partial charge on any atom is 0.118 e. The lowest BCUT2D eigenvalue weighted by atomic mass is 9.93. The molecule has 0 aromatic carbocycles. The van der Waals surface area contributed by atoms with Crippen molar-refractivity contribution in [2.75, 3.05) is 19.6 Å². The molecule has 102 valence electrons. The van der Waals surface area contributed by atoms with Gasteiger partial charge in [0, 0.05) is 6.54 Å². The molecule has 0 bridgehead atoms. The Balaban J connectivity index is 1.80. The van der Waals surface area contributed by atoms with Crippen LogP contribution in [0.25, 0.3) is 0 Å². The Hall–Kier alpha value is -0.800. The van der Waals surface area contributed by atoms with Crippen molar-refractivity contribution in [2.45, 2.75) is 46.7 Å². The lowest BCUT2D eigenvalue weighted by Crippen LogP contribution is -2.22. The predicted molar refractivity (Wildman–Crippen MR) is 74.4 cm³/mol. The summed E-state index contributed by atoms with van der Waals surface area (Å²) in [5, 5.41) is 3.36. The molecule has 0 atom stereocenters. The van der Waals surface area contributed by atoms with E-state index in [1.807, 2.05) is 0 Å². The third-order valence-corrected chi connectivity index (χ3v) is 3.58. The van der Waals surface area contributed by atoms with Gasteiger partial charge in [-0.3, -0.25) is 4.90 Å². The molecule has 0 aliphatic carbocycles. The van der Waals surface area contributed by atoms with Crippen molar-refractivity contribution in [3.05, 3.63) is 23.7 Å². The summed E-state index contributed by atoms with van der Waals surface area (Å²) in [5.74, 6) is 2.15. The van der Waals surface area contributed by atoms with Gasteiger partial charge in [0.15, 0.2) is 0 Å². The second-order valence-electron chi connectivity index (χ2n) is 6.17. The van der Waals surface area contributed by atoms with E-state index in [9.17, 15) is 0 Å². The van der Waals surface area contributed by atoms with Crippen LogP contribution in [0.5, 0.6) is 0 Å². The molecule has 1 fully saturated rings. The number of hydrogen-bond donors (Lipinski definition) is 1. The van der Waals surface area contributed by atoms with Crippen LogP contribution in [0.4, 0.5) is 0 Å². The molecule has 3 heteroatoms. The smallest absolute Gasteiger partial charge is 0.118 e. The van der Waals surface area contributed by atoms with Crippen LogP contribution < -0.4 is 5.32 Å². The molecule has 18 heavy (non-hydrogen) atoms. The first kappa shape index (κ1) is 13.6. The summed E-state index contributed by atoms with van der Waals surface area (Å²) in [4.78, 5) is 2.49. The van der Waals surface area contributed by atoms with Crippen molar-refractivity contribution in [2.24, 2.45) is 5.41 Å². The summed E-state index contributed by atoms with van der Waals surface area (Å²) < 4.78 is 5.86.